The van der Waals surface area contributed by atoms with E-state index in [1.165, 1.54) is 7.11 Å². The summed E-state index contributed by atoms with van der Waals surface area (Å²) >= 11 is 0. The minimum atomic E-state index is -0.269. The second-order valence-corrected chi connectivity index (χ2v) is 2.92. The van der Waals surface area contributed by atoms with E-state index in [-0.39, 0.29) is 12.0 Å². The van der Waals surface area contributed by atoms with Crippen LogP contribution < -0.4 is 0 Å². The molecule has 0 aliphatic carbocycles. The van der Waals surface area contributed by atoms with Crippen molar-refractivity contribution in [3.05, 3.63) is 0 Å². The Morgan fingerprint density at radius 3 is 3.08 bits per heavy atom. The van der Waals surface area contributed by atoms with E-state index in [0.717, 1.165) is 19.4 Å². The van der Waals surface area contributed by atoms with E-state index in [2.05, 4.69) is 10.7 Å². The molecule has 3 heteroatoms. The van der Waals surface area contributed by atoms with Crippen LogP contribution in [0.25, 0.3) is 0 Å². The number of hydrogen-bond donors (Lipinski definition) is 0. The van der Waals surface area contributed by atoms with Crippen LogP contribution in [0.15, 0.2) is 0 Å². The molecule has 1 aliphatic rings. The zero-order chi connectivity index (χ0) is 8.97. The summed E-state index contributed by atoms with van der Waals surface area (Å²) in [5.74, 6) is 2.87. The molecule has 1 aliphatic heterocycles. The molecular weight excluding hydrogens is 154 g/mol. The largest absolute Gasteiger partial charge is 0.453 e. The quantitative estimate of drug-likeness (QED) is 0.505. The average molecular weight is 167 g/mol. The number of methoxy groups -OCH3 is 1. The van der Waals surface area contributed by atoms with Crippen LogP contribution >= 0.6 is 0 Å². The van der Waals surface area contributed by atoms with Crippen LogP contribution in [0, 0.1) is 18.3 Å². The molecule has 1 rings (SSSR count). The molecule has 0 unspecified atom stereocenters. The van der Waals surface area contributed by atoms with Gasteiger partial charge in [0.2, 0.25) is 0 Å². The van der Waals surface area contributed by atoms with Gasteiger partial charge in [-0.25, -0.2) is 4.79 Å². The minimum Gasteiger partial charge on any atom is -0.453 e. The summed E-state index contributed by atoms with van der Waals surface area (Å²) in [5.41, 5.74) is 0. The molecule has 0 spiro atoms. The van der Waals surface area contributed by atoms with Gasteiger partial charge in [-0.15, -0.1) is 12.3 Å². The molecule has 12 heavy (non-hydrogen) atoms. The van der Waals surface area contributed by atoms with Gasteiger partial charge in [0.05, 0.1) is 7.11 Å². The lowest BCUT2D eigenvalue weighted by atomic mass is 10.00. The molecular formula is C9H13NO2. The summed E-state index contributed by atoms with van der Waals surface area (Å²) in [6, 6.07) is 0. The molecule has 0 aromatic heterocycles. The first-order chi connectivity index (χ1) is 5.77. The van der Waals surface area contributed by atoms with Crippen molar-refractivity contribution in [2.45, 2.75) is 12.8 Å². The molecule has 0 bridgehead atoms. The van der Waals surface area contributed by atoms with E-state index in [1.54, 1.807) is 4.90 Å². The Bertz CT molecular complexity index is 207. The first-order valence-electron chi connectivity index (χ1n) is 4.07. The van der Waals surface area contributed by atoms with Crippen molar-refractivity contribution in [3.63, 3.8) is 0 Å². The van der Waals surface area contributed by atoms with Gasteiger partial charge in [0.15, 0.2) is 0 Å². The van der Waals surface area contributed by atoms with Gasteiger partial charge < -0.3 is 9.64 Å². The highest BCUT2D eigenvalue weighted by Gasteiger charge is 2.22. The van der Waals surface area contributed by atoms with E-state index in [4.69, 9.17) is 6.42 Å². The number of hydrogen-bond acceptors (Lipinski definition) is 2. The number of ether oxygens (including phenoxy) is 1. The number of rotatable bonds is 0. The summed E-state index contributed by atoms with van der Waals surface area (Å²) in [5, 5.41) is 0. The van der Waals surface area contributed by atoms with Crippen LogP contribution in [0.5, 0.6) is 0 Å². The third kappa shape index (κ3) is 1.91. The lowest BCUT2D eigenvalue weighted by Crippen LogP contribution is -2.39. The van der Waals surface area contributed by atoms with Gasteiger partial charge in [-0.3, -0.25) is 0 Å². The van der Waals surface area contributed by atoms with Crippen molar-refractivity contribution >= 4 is 6.09 Å². The molecule has 0 aromatic carbocycles. The SMILES string of the molecule is C#C[C@H]1CCCN(C(=O)OC)C1. The van der Waals surface area contributed by atoms with Crippen LogP contribution in [0.4, 0.5) is 4.79 Å². The average Bonchev–Trinajstić information content (AvgIpc) is 2.17. The molecule has 0 aromatic rings. The van der Waals surface area contributed by atoms with Crippen molar-refractivity contribution in [2.24, 2.45) is 5.92 Å². The molecule has 1 saturated heterocycles. The molecule has 1 heterocycles. The number of carbonyl (C=O) groups excluding carboxylic acids is 1. The lowest BCUT2D eigenvalue weighted by Gasteiger charge is -2.28. The second-order valence-electron chi connectivity index (χ2n) is 2.92. The minimum absolute atomic E-state index is 0.206. The van der Waals surface area contributed by atoms with Crippen LogP contribution in [0.2, 0.25) is 0 Å². The number of terminal acetylenes is 1. The van der Waals surface area contributed by atoms with Gasteiger partial charge in [-0.2, -0.15) is 0 Å². The second kappa shape index (κ2) is 4.01. The van der Waals surface area contributed by atoms with Crippen LogP contribution in [0.3, 0.4) is 0 Å². The fourth-order valence-electron chi connectivity index (χ4n) is 1.41. The van der Waals surface area contributed by atoms with E-state index in [0.29, 0.717) is 6.54 Å². The van der Waals surface area contributed by atoms with Crippen LogP contribution in [0.1, 0.15) is 12.8 Å². The number of likely N-dealkylation sites (tertiary alicyclic amines) is 1. The van der Waals surface area contributed by atoms with Crippen molar-refractivity contribution < 1.29 is 9.53 Å². The molecule has 3 nitrogen and oxygen atoms in total. The van der Waals surface area contributed by atoms with E-state index in [1.807, 2.05) is 0 Å². The Labute approximate surface area is 72.7 Å². The standard InChI is InChI=1S/C9H13NO2/c1-3-8-5-4-6-10(7-8)9(11)12-2/h1,8H,4-7H2,2H3/t8-/m0/s1. The predicted molar refractivity (Wildman–Crippen MR) is 45.5 cm³/mol. The van der Waals surface area contributed by atoms with Crippen molar-refractivity contribution in [2.75, 3.05) is 20.2 Å². The lowest BCUT2D eigenvalue weighted by molar-refractivity contribution is 0.109. The Kier molecular flexibility index (Phi) is 2.98. The normalized spacial score (nSPS) is 23.0. The smallest absolute Gasteiger partial charge is 0.409 e. The molecule has 1 fully saturated rings. The molecule has 0 N–H and O–H groups in total. The highest BCUT2D eigenvalue weighted by Crippen LogP contribution is 2.15. The Morgan fingerprint density at radius 2 is 2.50 bits per heavy atom. The number of amides is 1. The van der Waals surface area contributed by atoms with Gasteiger partial charge in [0, 0.05) is 19.0 Å². The maximum atomic E-state index is 11.1. The third-order valence-corrected chi connectivity index (χ3v) is 2.09. The highest BCUT2D eigenvalue weighted by atomic mass is 16.5. The maximum absolute atomic E-state index is 11.1. The summed E-state index contributed by atoms with van der Waals surface area (Å²) < 4.78 is 4.60. The molecule has 0 saturated carbocycles. The third-order valence-electron chi connectivity index (χ3n) is 2.09. The predicted octanol–water partition coefficient (Wildman–Crippen LogP) is 1.10. The van der Waals surface area contributed by atoms with Crippen molar-refractivity contribution in [1.29, 1.82) is 0 Å². The molecule has 0 radical (unpaired) electrons. The Morgan fingerprint density at radius 1 is 1.75 bits per heavy atom. The summed E-state index contributed by atoms with van der Waals surface area (Å²) in [6.45, 7) is 1.41. The maximum Gasteiger partial charge on any atom is 0.409 e. The van der Waals surface area contributed by atoms with Gasteiger partial charge in [0.25, 0.3) is 0 Å². The number of piperidine rings is 1. The van der Waals surface area contributed by atoms with Crippen molar-refractivity contribution in [1.82, 2.24) is 4.90 Å². The summed E-state index contributed by atoms with van der Waals surface area (Å²) in [6.07, 6.45) is 7.00. The summed E-state index contributed by atoms with van der Waals surface area (Å²) in [4.78, 5) is 12.7. The van der Waals surface area contributed by atoms with Gasteiger partial charge in [-0.1, -0.05) is 0 Å². The van der Waals surface area contributed by atoms with Gasteiger partial charge >= 0.3 is 6.09 Å². The fraction of sp³-hybridized carbons (Fsp3) is 0.667. The molecule has 66 valence electrons. The van der Waals surface area contributed by atoms with Crippen molar-refractivity contribution in [3.8, 4) is 12.3 Å². The zero-order valence-corrected chi connectivity index (χ0v) is 7.25. The number of carbonyl (C=O) groups is 1. The van der Waals surface area contributed by atoms with Gasteiger partial charge in [0.1, 0.15) is 0 Å². The molecule has 1 atom stereocenters. The van der Waals surface area contributed by atoms with Crippen LogP contribution in [-0.4, -0.2) is 31.2 Å². The van der Waals surface area contributed by atoms with E-state index in [9.17, 15) is 4.79 Å². The Hall–Kier alpha value is -1.17. The van der Waals surface area contributed by atoms with E-state index >= 15 is 0 Å². The fourth-order valence-corrected chi connectivity index (χ4v) is 1.41. The Balaban J connectivity index is 2.47. The van der Waals surface area contributed by atoms with Gasteiger partial charge in [-0.05, 0) is 12.8 Å². The summed E-state index contributed by atoms with van der Waals surface area (Å²) in [7, 11) is 1.39. The first kappa shape index (κ1) is 8.92. The zero-order valence-electron chi connectivity index (χ0n) is 7.25. The molecule has 1 amide bonds. The van der Waals surface area contributed by atoms with Crippen LogP contribution in [-0.2, 0) is 4.74 Å². The highest BCUT2D eigenvalue weighted by molar-refractivity contribution is 5.67. The first-order valence-corrected chi connectivity index (χ1v) is 4.07. The topological polar surface area (TPSA) is 29.5 Å². The monoisotopic (exact) mass is 167 g/mol. The van der Waals surface area contributed by atoms with E-state index < -0.39 is 0 Å². The number of nitrogens with zero attached hydrogens (tertiary/aromatic N) is 1.